The Hall–Kier alpha value is -0.770. The van der Waals surface area contributed by atoms with Gasteiger partial charge in [0.25, 0.3) is 0 Å². The summed E-state index contributed by atoms with van der Waals surface area (Å²) in [4.78, 5) is 13.7. The molecule has 0 aromatic heterocycles. The van der Waals surface area contributed by atoms with Crippen LogP contribution in [-0.2, 0) is 4.74 Å². The van der Waals surface area contributed by atoms with Crippen molar-refractivity contribution in [3.05, 3.63) is 0 Å². The van der Waals surface area contributed by atoms with Gasteiger partial charge in [-0.3, -0.25) is 4.90 Å². The predicted molar refractivity (Wildman–Crippen MR) is 57.5 cm³/mol. The molecule has 1 aliphatic heterocycles. The topological polar surface area (TPSA) is 55.6 Å². The van der Waals surface area contributed by atoms with Gasteiger partial charge in [0.15, 0.2) is 0 Å². The second kappa shape index (κ2) is 4.00. The van der Waals surface area contributed by atoms with Crippen LogP contribution in [0.1, 0.15) is 39.0 Å². The Kier molecular flexibility index (Phi) is 2.87. The van der Waals surface area contributed by atoms with Crippen molar-refractivity contribution >= 4 is 6.09 Å². The van der Waals surface area contributed by atoms with Crippen LogP contribution in [-0.4, -0.2) is 35.7 Å². The van der Waals surface area contributed by atoms with Crippen molar-refractivity contribution in [3.8, 4) is 0 Å². The molecule has 0 aromatic carbocycles. The largest absolute Gasteiger partial charge is 0.447 e. The number of hydrogen-bond donors (Lipinski definition) is 1. The highest BCUT2D eigenvalue weighted by molar-refractivity contribution is 5.71. The van der Waals surface area contributed by atoms with Crippen LogP contribution < -0.4 is 5.73 Å². The molecule has 2 fully saturated rings. The summed E-state index contributed by atoms with van der Waals surface area (Å²) in [6.07, 6.45) is 5.39. The van der Waals surface area contributed by atoms with Crippen LogP contribution in [0.5, 0.6) is 0 Å². The molecule has 0 aromatic rings. The van der Waals surface area contributed by atoms with E-state index in [2.05, 4.69) is 6.92 Å². The molecule has 86 valence electrons. The Morgan fingerprint density at radius 2 is 2.20 bits per heavy atom. The molecule has 1 amide bonds. The maximum absolute atomic E-state index is 11.7. The van der Waals surface area contributed by atoms with Crippen molar-refractivity contribution in [2.45, 2.75) is 50.6 Å². The Balaban J connectivity index is 2.13. The predicted octanol–water partition coefficient (Wildman–Crippen LogP) is 1.49. The molecular formula is C11H20N2O2. The van der Waals surface area contributed by atoms with Gasteiger partial charge in [0.05, 0.1) is 5.54 Å². The maximum Gasteiger partial charge on any atom is 0.410 e. The van der Waals surface area contributed by atoms with Gasteiger partial charge in [0, 0.05) is 6.04 Å². The SMILES string of the molecule is CC1(CCN)COC(=O)N1C1CCCC1. The number of cyclic esters (lactones) is 1. The van der Waals surface area contributed by atoms with Gasteiger partial charge in [-0.2, -0.15) is 0 Å². The first kappa shape index (κ1) is 10.7. The van der Waals surface area contributed by atoms with Crippen LogP contribution in [0.4, 0.5) is 4.79 Å². The van der Waals surface area contributed by atoms with Crippen LogP contribution in [0.15, 0.2) is 0 Å². The molecule has 2 N–H and O–H groups in total. The Morgan fingerprint density at radius 1 is 1.53 bits per heavy atom. The summed E-state index contributed by atoms with van der Waals surface area (Å²) >= 11 is 0. The van der Waals surface area contributed by atoms with Gasteiger partial charge in [-0.25, -0.2) is 4.79 Å². The smallest absolute Gasteiger partial charge is 0.410 e. The van der Waals surface area contributed by atoms with E-state index < -0.39 is 0 Å². The molecule has 2 rings (SSSR count). The molecule has 0 radical (unpaired) electrons. The molecule has 1 saturated carbocycles. The van der Waals surface area contributed by atoms with E-state index >= 15 is 0 Å². The van der Waals surface area contributed by atoms with E-state index in [1.54, 1.807) is 0 Å². The third kappa shape index (κ3) is 1.83. The first-order valence-corrected chi connectivity index (χ1v) is 5.83. The highest BCUT2D eigenvalue weighted by Crippen LogP contribution is 2.35. The van der Waals surface area contributed by atoms with Crippen LogP contribution >= 0.6 is 0 Å². The van der Waals surface area contributed by atoms with Crippen molar-refractivity contribution in [2.24, 2.45) is 5.73 Å². The average molecular weight is 212 g/mol. The zero-order valence-electron chi connectivity index (χ0n) is 9.37. The number of hydrogen-bond acceptors (Lipinski definition) is 3. The molecular weight excluding hydrogens is 192 g/mol. The lowest BCUT2D eigenvalue weighted by molar-refractivity contribution is 0.122. The van der Waals surface area contributed by atoms with Crippen LogP contribution in [0.3, 0.4) is 0 Å². The van der Waals surface area contributed by atoms with Gasteiger partial charge in [-0.05, 0) is 32.7 Å². The summed E-state index contributed by atoms with van der Waals surface area (Å²) in [6.45, 7) is 3.19. The van der Waals surface area contributed by atoms with E-state index in [1.165, 1.54) is 12.8 Å². The first-order valence-electron chi connectivity index (χ1n) is 5.83. The van der Waals surface area contributed by atoms with Crippen LogP contribution in [0.25, 0.3) is 0 Å². The van der Waals surface area contributed by atoms with E-state index in [1.807, 2.05) is 4.90 Å². The third-order valence-corrected chi connectivity index (χ3v) is 3.66. The number of carbonyl (C=O) groups is 1. The van der Waals surface area contributed by atoms with Crippen molar-refractivity contribution in [1.82, 2.24) is 4.90 Å². The zero-order valence-corrected chi connectivity index (χ0v) is 9.37. The molecule has 15 heavy (non-hydrogen) atoms. The van der Waals surface area contributed by atoms with Crippen molar-refractivity contribution in [3.63, 3.8) is 0 Å². The highest BCUT2D eigenvalue weighted by Gasteiger charge is 2.46. The molecule has 4 nitrogen and oxygen atoms in total. The van der Waals surface area contributed by atoms with Gasteiger partial charge >= 0.3 is 6.09 Å². The minimum Gasteiger partial charge on any atom is -0.447 e. The molecule has 1 saturated heterocycles. The van der Waals surface area contributed by atoms with Crippen LogP contribution in [0, 0.1) is 0 Å². The van der Waals surface area contributed by atoms with E-state index in [0.29, 0.717) is 19.2 Å². The Labute approximate surface area is 90.8 Å². The van der Waals surface area contributed by atoms with Gasteiger partial charge in [-0.15, -0.1) is 0 Å². The standard InChI is InChI=1S/C11H20N2O2/c1-11(6-7-12)8-15-10(14)13(11)9-4-2-3-5-9/h9H,2-8,12H2,1H3. The lowest BCUT2D eigenvalue weighted by Gasteiger charge is -2.36. The second-order valence-electron chi connectivity index (χ2n) is 4.90. The maximum atomic E-state index is 11.7. The summed E-state index contributed by atoms with van der Waals surface area (Å²) < 4.78 is 5.18. The molecule has 0 spiro atoms. The zero-order chi connectivity index (χ0) is 10.9. The van der Waals surface area contributed by atoms with Gasteiger partial charge in [0.2, 0.25) is 0 Å². The molecule has 1 unspecified atom stereocenters. The minimum atomic E-state index is -0.166. The van der Waals surface area contributed by atoms with Crippen molar-refractivity contribution in [2.75, 3.05) is 13.2 Å². The van der Waals surface area contributed by atoms with E-state index in [0.717, 1.165) is 19.3 Å². The Morgan fingerprint density at radius 3 is 2.80 bits per heavy atom. The van der Waals surface area contributed by atoms with Crippen molar-refractivity contribution in [1.29, 1.82) is 0 Å². The fourth-order valence-electron chi connectivity index (χ4n) is 2.83. The highest BCUT2D eigenvalue weighted by atomic mass is 16.6. The fourth-order valence-corrected chi connectivity index (χ4v) is 2.83. The number of nitrogens with zero attached hydrogens (tertiary/aromatic N) is 1. The second-order valence-corrected chi connectivity index (χ2v) is 4.90. The third-order valence-electron chi connectivity index (χ3n) is 3.66. The summed E-state index contributed by atoms with van der Waals surface area (Å²) in [7, 11) is 0. The minimum absolute atomic E-state index is 0.141. The first-order chi connectivity index (χ1) is 7.17. The van der Waals surface area contributed by atoms with E-state index in [9.17, 15) is 4.79 Å². The molecule has 4 heteroatoms. The summed E-state index contributed by atoms with van der Waals surface area (Å²) in [5.41, 5.74) is 5.44. The number of rotatable bonds is 3. The monoisotopic (exact) mass is 212 g/mol. The fraction of sp³-hybridized carbons (Fsp3) is 0.909. The summed E-state index contributed by atoms with van der Waals surface area (Å²) in [5.74, 6) is 0. The average Bonchev–Trinajstić information content (AvgIpc) is 2.76. The van der Waals surface area contributed by atoms with Gasteiger partial charge < -0.3 is 10.5 Å². The number of nitrogens with two attached hydrogens (primary N) is 1. The Bertz CT molecular complexity index is 251. The lowest BCUT2D eigenvalue weighted by Crippen LogP contribution is -2.50. The van der Waals surface area contributed by atoms with Gasteiger partial charge in [-0.1, -0.05) is 12.8 Å². The molecule has 1 atom stereocenters. The van der Waals surface area contributed by atoms with Crippen molar-refractivity contribution < 1.29 is 9.53 Å². The van der Waals surface area contributed by atoms with Crippen LogP contribution in [0.2, 0.25) is 0 Å². The quantitative estimate of drug-likeness (QED) is 0.771. The lowest BCUT2D eigenvalue weighted by atomic mass is 9.95. The normalized spacial score (nSPS) is 32.4. The molecule has 1 heterocycles. The van der Waals surface area contributed by atoms with E-state index in [4.69, 9.17) is 10.5 Å². The number of carbonyl (C=O) groups excluding carboxylic acids is 1. The van der Waals surface area contributed by atoms with E-state index in [-0.39, 0.29) is 11.6 Å². The molecule has 0 bridgehead atoms. The van der Waals surface area contributed by atoms with Gasteiger partial charge in [0.1, 0.15) is 6.61 Å². The number of ether oxygens (including phenoxy) is 1. The molecule has 2 aliphatic rings. The summed E-state index contributed by atoms with van der Waals surface area (Å²) in [5, 5.41) is 0. The molecule has 1 aliphatic carbocycles. The summed E-state index contributed by atoms with van der Waals surface area (Å²) in [6, 6.07) is 0.386. The number of amides is 1.